The van der Waals surface area contributed by atoms with Gasteiger partial charge in [-0.2, -0.15) is 0 Å². The Balaban J connectivity index is 1.67. The fraction of sp³-hybridized carbons (Fsp3) is 0.375. The minimum Gasteiger partial charge on any atom is -0.456 e. The van der Waals surface area contributed by atoms with E-state index in [-0.39, 0.29) is 30.1 Å². The minimum atomic E-state index is -1.29. The summed E-state index contributed by atoms with van der Waals surface area (Å²) in [5.74, 6) is 0.378. The number of carbonyl (C=O) groups excluding carboxylic acids is 1. The number of thiophene rings is 1. The first-order chi connectivity index (χ1) is 19.1. The molecule has 1 amide bonds. The molecule has 2 aromatic heterocycles. The molecular weight excluding hydrogens is 546 g/mol. The molecule has 0 aliphatic carbocycles. The molecule has 0 bridgehead atoms. The van der Waals surface area contributed by atoms with Crippen LogP contribution in [0.25, 0.3) is 21.2 Å². The number of likely N-dealkylation sites (tertiary alicyclic amines) is 1. The highest BCUT2D eigenvalue weighted by Gasteiger charge is 2.33. The summed E-state index contributed by atoms with van der Waals surface area (Å²) in [7, 11) is 1.65. The maximum absolute atomic E-state index is 14.4. The third-order valence-corrected chi connectivity index (χ3v) is 8.89. The molecular formula is C32H34F2N2O4S. The van der Waals surface area contributed by atoms with E-state index >= 15 is 0 Å². The van der Waals surface area contributed by atoms with Crippen LogP contribution in [0.3, 0.4) is 0 Å². The van der Waals surface area contributed by atoms with Crippen LogP contribution in [0.5, 0.6) is 11.5 Å². The summed E-state index contributed by atoms with van der Waals surface area (Å²) in [6.07, 6.45) is 2.23. The lowest BCUT2D eigenvalue weighted by molar-refractivity contribution is 0.0508. The van der Waals surface area contributed by atoms with Gasteiger partial charge in [0.1, 0.15) is 27.7 Å². The Labute approximate surface area is 241 Å². The molecule has 1 fully saturated rings. The van der Waals surface area contributed by atoms with Gasteiger partial charge in [0.25, 0.3) is 11.5 Å². The van der Waals surface area contributed by atoms with Crippen molar-refractivity contribution in [3.05, 3.63) is 80.3 Å². The van der Waals surface area contributed by atoms with Crippen LogP contribution >= 0.6 is 11.3 Å². The van der Waals surface area contributed by atoms with E-state index in [1.807, 2.05) is 6.07 Å². The Morgan fingerprint density at radius 3 is 2.32 bits per heavy atom. The van der Waals surface area contributed by atoms with E-state index in [4.69, 9.17) is 4.74 Å². The van der Waals surface area contributed by atoms with Crippen LogP contribution in [0.1, 0.15) is 60.0 Å². The number of benzene rings is 2. The number of hydrogen-bond donors (Lipinski definition) is 1. The van der Waals surface area contributed by atoms with E-state index in [9.17, 15) is 23.5 Å². The average Bonchev–Trinajstić information content (AvgIpc) is 3.33. The minimum absolute atomic E-state index is 0.228. The molecule has 1 N–H and O–H groups in total. The monoisotopic (exact) mass is 580 g/mol. The molecule has 1 aliphatic rings. The zero-order valence-corrected chi connectivity index (χ0v) is 24.9. The fourth-order valence-electron chi connectivity index (χ4n) is 5.26. The highest BCUT2D eigenvalue weighted by Crippen LogP contribution is 2.42. The van der Waals surface area contributed by atoms with Gasteiger partial charge in [0.15, 0.2) is 0 Å². The lowest BCUT2D eigenvalue weighted by atomic mass is 9.93. The summed E-state index contributed by atoms with van der Waals surface area (Å²) in [4.78, 5) is 28.7. The zero-order chi connectivity index (χ0) is 29.9. The molecule has 4 aromatic rings. The summed E-state index contributed by atoms with van der Waals surface area (Å²) in [6, 6.07) is 9.86. The van der Waals surface area contributed by atoms with Crippen LogP contribution in [0.4, 0.5) is 8.78 Å². The predicted molar refractivity (Wildman–Crippen MR) is 158 cm³/mol. The number of alkyl halides is 1. The largest absolute Gasteiger partial charge is 0.456 e. The van der Waals surface area contributed by atoms with Crippen molar-refractivity contribution >= 4 is 27.3 Å². The first-order valence-electron chi connectivity index (χ1n) is 13.6. The predicted octanol–water partition coefficient (Wildman–Crippen LogP) is 7.01. The van der Waals surface area contributed by atoms with Crippen LogP contribution < -0.4 is 10.3 Å². The van der Waals surface area contributed by atoms with Gasteiger partial charge in [-0.3, -0.25) is 9.59 Å². The van der Waals surface area contributed by atoms with Crippen LogP contribution in [0.15, 0.2) is 47.4 Å². The molecule has 0 radical (unpaired) electrons. The van der Waals surface area contributed by atoms with Gasteiger partial charge in [-0.25, -0.2) is 8.78 Å². The van der Waals surface area contributed by atoms with Crippen molar-refractivity contribution in [2.24, 2.45) is 7.05 Å². The van der Waals surface area contributed by atoms with Crippen molar-refractivity contribution in [3.63, 3.8) is 0 Å². The van der Waals surface area contributed by atoms with E-state index in [1.165, 1.54) is 16.7 Å². The molecule has 216 valence electrons. The van der Waals surface area contributed by atoms with E-state index < -0.39 is 11.3 Å². The molecule has 1 saturated heterocycles. The molecule has 0 saturated carbocycles. The van der Waals surface area contributed by atoms with Crippen LogP contribution in [-0.2, 0) is 12.6 Å². The van der Waals surface area contributed by atoms with E-state index in [1.54, 1.807) is 71.0 Å². The average molecular weight is 581 g/mol. The van der Waals surface area contributed by atoms with Gasteiger partial charge < -0.3 is 19.3 Å². The summed E-state index contributed by atoms with van der Waals surface area (Å²) in [5.41, 5.74) is 0.437. The highest BCUT2D eigenvalue weighted by molar-refractivity contribution is 7.20. The van der Waals surface area contributed by atoms with E-state index in [0.29, 0.717) is 67.4 Å². The second-order valence-electron chi connectivity index (χ2n) is 11.8. The fourth-order valence-corrected chi connectivity index (χ4v) is 6.39. The summed E-state index contributed by atoms with van der Waals surface area (Å²) in [5, 5.41) is 11.4. The number of ether oxygens (including phenoxy) is 1. The second kappa shape index (κ2) is 10.4. The van der Waals surface area contributed by atoms with Gasteiger partial charge >= 0.3 is 0 Å². The van der Waals surface area contributed by atoms with Crippen molar-refractivity contribution in [3.8, 4) is 22.6 Å². The normalized spacial score (nSPS) is 15.4. The van der Waals surface area contributed by atoms with Gasteiger partial charge in [0.2, 0.25) is 0 Å². The number of piperidine rings is 1. The summed E-state index contributed by atoms with van der Waals surface area (Å²) in [6.45, 7) is 9.08. The number of halogens is 2. The lowest BCUT2D eigenvalue weighted by Gasteiger charge is -2.33. The third-order valence-electron chi connectivity index (χ3n) is 7.78. The van der Waals surface area contributed by atoms with Crippen molar-refractivity contribution in [2.45, 2.75) is 58.7 Å². The molecule has 3 heterocycles. The molecule has 2 aromatic carbocycles. The first-order valence-corrected chi connectivity index (χ1v) is 14.4. The molecule has 0 spiro atoms. The molecule has 9 heteroatoms. The number of hydrogen-bond acceptors (Lipinski definition) is 5. The molecule has 41 heavy (non-hydrogen) atoms. The van der Waals surface area contributed by atoms with Gasteiger partial charge in [0, 0.05) is 42.8 Å². The Morgan fingerprint density at radius 2 is 1.71 bits per heavy atom. The van der Waals surface area contributed by atoms with Crippen LogP contribution in [-0.4, -0.2) is 39.2 Å². The maximum Gasteiger partial charge on any atom is 0.268 e. The first kappa shape index (κ1) is 29.0. The standard InChI is InChI=1S/C32H34F2N2O4S/c1-18-13-21(33)14-19(2)27(18)40-25-8-7-20(31(3,4)39)15-22(25)24-17-35(6)30(38)28-23(24)16-26(41-28)29(37)36-11-9-32(5,34)10-12-36/h7-8,13-17,39H,9-12H2,1-6H3. The van der Waals surface area contributed by atoms with Crippen LogP contribution in [0.2, 0.25) is 0 Å². The number of pyridine rings is 1. The highest BCUT2D eigenvalue weighted by atomic mass is 32.1. The lowest BCUT2D eigenvalue weighted by Crippen LogP contribution is -2.43. The van der Waals surface area contributed by atoms with E-state index in [2.05, 4.69) is 0 Å². The Kier molecular flexibility index (Phi) is 7.32. The Morgan fingerprint density at radius 1 is 1.07 bits per heavy atom. The van der Waals surface area contributed by atoms with Crippen molar-refractivity contribution < 1.29 is 23.4 Å². The Bertz CT molecular complexity index is 1700. The number of nitrogens with zero attached hydrogens (tertiary/aromatic N) is 2. The van der Waals surface area contributed by atoms with Gasteiger partial charge in [0.05, 0.1) is 10.5 Å². The topological polar surface area (TPSA) is 71.8 Å². The van der Waals surface area contributed by atoms with Crippen molar-refractivity contribution in [1.82, 2.24) is 9.47 Å². The van der Waals surface area contributed by atoms with E-state index in [0.717, 1.165) is 11.3 Å². The molecule has 1 aliphatic heterocycles. The SMILES string of the molecule is Cc1cc(F)cc(C)c1Oc1ccc(C(C)(C)O)cc1-c1cn(C)c(=O)c2sc(C(=O)N3CCC(C)(F)CC3)cc12. The number of rotatable bonds is 5. The molecule has 5 rings (SSSR count). The quantitative estimate of drug-likeness (QED) is 0.276. The van der Waals surface area contributed by atoms with Gasteiger partial charge in [-0.15, -0.1) is 11.3 Å². The molecule has 0 atom stereocenters. The number of carbonyl (C=O) groups is 1. The zero-order valence-electron chi connectivity index (χ0n) is 24.1. The number of amides is 1. The Hall–Kier alpha value is -3.56. The number of aliphatic hydroxyl groups is 1. The van der Waals surface area contributed by atoms with Crippen molar-refractivity contribution in [1.29, 1.82) is 0 Å². The smallest absolute Gasteiger partial charge is 0.268 e. The van der Waals surface area contributed by atoms with Crippen LogP contribution in [0, 0.1) is 19.7 Å². The van der Waals surface area contributed by atoms with Crippen molar-refractivity contribution in [2.75, 3.05) is 13.1 Å². The summed E-state index contributed by atoms with van der Waals surface area (Å²) < 4.78 is 36.6. The number of aryl methyl sites for hydroxylation is 3. The van der Waals surface area contributed by atoms with Gasteiger partial charge in [-0.1, -0.05) is 6.07 Å². The third kappa shape index (κ3) is 5.65. The summed E-state index contributed by atoms with van der Waals surface area (Å²) >= 11 is 1.12. The number of fused-ring (bicyclic) bond motifs is 1. The number of aromatic nitrogens is 1. The molecule has 0 unspecified atom stereocenters. The van der Waals surface area contributed by atoms with Gasteiger partial charge in [-0.05, 0) is 94.5 Å². The molecule has 6 nitrogen and oxygen atoms in total. The maximum atomic E-state index is 14.4. The second-order valence-corrected chi connectivity index (χ2v) is 12.8.